The number of likely N-dealkylation sites (N-methyl/N-ethyl adjacent to an activating group) is 1. The molecule has 1 fully saturated rings. The topological polar surface area (TPSA) is 71.4 Å². The molecule has 2 N–H and O–H groups in total. The second kappa shape index (κ2) is 6.34. The lowest BCUT2D eigenvalue weighted by molar-refractivity contribution is 0.0806. The quantitative estimate of drug-likeness (QED) is 0.897. The minimum Gasteiger partial charge on any atom is -0.419 e. The van der Waals surface area contributed by atoms with Gasteiger partial charge in [0, 0.05) is 37.8 Å². The number of nitrogens with zero attached hydrogens (tertiary/aromatic N) is 4. The third-order valence-corrected chi connectivity index (χ3v) is 3.91. The Labute approximate surface area is 124 Å². The fourth-order valence-electron chi connectivity index (χ4n) is 2.67. The summed E-state index contributed by atoms with van der Waals surface area (Å²) in [7, 11) is 2.13. The highest BCUT2D eigenvalue weighted by molar-refractivity contribution is 5.51. The number of rotatable bonds is 4. The van der Waals surface area contributed by atoms with Gasteiger partial charge in [-0.1, -0.05) is 18.2 Å². The Balaban J connectivity index is 1.69. The van der Waals surface area contributed by atoms with Crippen molar-refractivity contribution in [3.05, 3.63) is 36.2 Å². The lowest BCUT2D eigenvalue weighted by Gasteiger charge is -2.38. The second-order valence-corrected chi connectivity index (χ2v) is 5.49. The molecule has 1 aliphatic rings. The van der Waals surface area contributed by atoms with Gasteiger partial charge in [0.15, 0.2) is 0 Å². The van der Waals surface area contributed by atoms with Gasteiger partial charge in [-0.05, 0) is 19.2 Å². The summed E-state index contributed by atoms with van der Waals surface area (Å²) in [6.07, 6.45) is 0. The van der Waals surface area contributed by atoms with Crippen LogP contribution in [0.4, 0.5) is 0 Å². The number of nitrogens with two attached hydrogens (primary N) is 1. The van der Waals surface area contributed by atoms with Crippen molar-refractivity contribution in [1.29, 1.82) is 0 Å². The summed E-state index contributed by atoms with van der Waals surface area (Å²) in [5, 5.41) is 8.29. The molecule has 1 aromatic heterocycles. The van der Waals surface area contributed by atoms with E-state index >= 15 is 0 Å². The van der Waals surface area contributed by atoms with E-state index in [1.54, 1.807) is 0 Å². The van der Waals surface area contributed by atoms with Gasteiger partial charge in [0.05, 0.1) is 6.54 Å². The van der Waals surface area contributed by atoms with Crippen LogP contribution in [0, 0.1) is 0 Å². The Morgan fingerprint density at radius 1 is 1.24 bits per heavy atom. The van der Waals surface area contributed by atoms with E-state index in [0.29, 0.717) is 30.9 Å². The molecule has 2 heterocycles. The summed E-state index contributed by atoms with van der Waals surface area (Å²) in [6, 6.07) is 10.2. The first-order chi connectivity index (χ1) is 10.3. The van der Waals surface area contributed by atoms with E-state index in [4.69, 9.17) is 10.2 Å². The van der Waals surface area contributed by atoms with Crippen molar-refractivity contribution in [2.24, 2.45) is 5.73 Å². The SMILES string of the molecule is CN1CCN(Cc2nnc(-c3ccccc3)o2)C(CN)C1. The van der Waals surface area contributed by atoms with Crippen LogP contribution in [0.3, 0.4) is 0 Å². The summed E-state index contributed by atoms with van der Waals surface area (Å²) < 4.78 is 5.77. The van der Waals surface area contributed by atoms with Crippen molar-refractivity contribution in [2.75, 3.05) is 33.2 Å². The van der Waals surface area contributed by atoms with Crippen molar-refractivity contribution >= 4 is 0 Å². The summed E-state index contributed by atoms with van der Waals surface area (Å²) in [5.74, 6) is 1.22. The zero-order valence-electron chi connectivity index (χ0n) is 12.3. The standard InChI is InChI=1S/C15H21N5O/c1-19-7-8-20(13(9-16)10-19)11-14-17-18-15(21-14)12-5-3-2-4-6-12/h2-6,13H,7-11,16H2,1H3. The van der Waals surface area contributed by atoms with Crippen molar-refractivity contribution in [1.82, 2.24) is 20.0 Å². The molecule has 1 saturated heterocycles. The zero-order valence-corrected chi connectivity index (χ0v) is 12.3. The molecule has 1 aliphatic heterocycles. The molecular formula is C15H21N5O. The zero-order chi connectivity index (χ0) is 14.7. The normalized spacial score (nSPS) is 20.8. The molecular weight excluding hydrogens is 266 g/mol. The van der Waals surface area contributed by atoms with Gasteiger partial charge in [0.2, 0.25) is 11.8 Å². The summed E-state index contributed by atoms with van der Waals surface area (Å²) in [6.45, 7) is 4.30. The van der Waals surface area contributed by atoms with Gasteiger partial charge in [-0.2, -0.15) is 0 Å². The Morgan fingerprint density at radius 3 is 2.81 bits per heavy atom. The Kier molecular flexibility index (Phi) is 4.28. The molecule has 0 spiro atoms. The highest BCUT2D eigenvalue weighted by atomic mass is 16.4. The van der Waals surface area contributed by atoms with E-state index < -0.39 is 0 Å². The predicted octanol–water partition coefficient (Wildman–Crippen LogP) is 0.811. The predicted molar refractivity (Wildman–Crippen MR) is 80.5 cm³/mol. The van der Waals surface area contributed by atoms with E-state index in [1.165, 1.54) is 0 Å². The average Bonchev–Trinajstić information content (AvgIpc) is 2.98. The van der Waals surface area contributed by atoms with Crippen molar-refractivity contribution in [3.8, 4) is 11.5 Å². The van der Waals surface area contributed by atoms with Crippen LogP contribution in [0.25, 0.3) is 11.5 Å². The number of hydrogen-bond donors (Lipinski definition) is 1. The molecule has 0 saturated carbocycles. The van der Waals surface area contributed by atoms with Gasteiger partial charge >= 0.3 is 0 Å². The maximum absolute atomic E-state index is 5.87. The molecule has 6 nitrogen and oxygen atoms in total. The van der Waals surface area contributed by atoms with Gasteiger partial charge in [0.25, 0.3) is 0 Å². The first-order valence-corrected chi connectivity index (χ1v) is 7.26. The lowest BCUT2D eigenvalue weighted by Crippen LogP contribution is -2.54. The van der Waals surface area contributed by atoms with Crippen molar-refractivity contribution < 1.29 is 4.42 Å². The average molecular weight is 287 g/mol. The number of aromatic nitrogens is 2. The van der Waals surface area contributed by atoms with Crippen LogP contribution < -0.4 is 5.73 Å². The highest BCUT2D eigenvalue weighted by Gasteiger charge is 2.25. The van der Waals surface area contributed by atoms with E-state index in [0.717, 1.165) is 25.2 Å². The van der Waals surface area contributed by atoms with Crippen LogP contribution in [0.15, 0.2) is 34.7 Å². The van der Waals surface area contributed by atoms with Gasteiger partial charge in [0.1, 0.15) is 0 Å². The molecule has 6 heteroatoms. The van der Waals surface area contributed by atoms with Gasteiger partial charge in [-0.3, -0.25) is 4.90 Å². The largest absolute Gasteiger partial charge is 0.419 e. The first-order valence-electron chi connectivity index (χ1n) is 7.26. The van der Waals surface area contributed by atoms with Gasteiger partial charge < -0.3 is 15.1 Å². The third-order valence-electron chi connectivity index (χ3n) is 3.91. The number of hydrogen-bond acceptors (Lipinski definition) is 6. The molecule has 21 heavy (non-hydrogen) atoms. The second-order valence-electron chi connectivity index (χ2n) is 5.49. The summed E-state index contributed by atoms with van der Waals surface area (Å²) >= 11 is 0. The fourth-order valence-corrected chi connectivity index (χ4v) is 2.67. The van der Waals surface area contributed by atoms with Crippen LogP contribution >= 0.6 is 0 Å². The molecule has 1 aromatic carbocycles. The van der Waals surface area contributed by atoms with E-state index in [2.05, 4.69) is 27.0 Å². The molecule has 112 valence electrons. The van der Waals surface area contributed by atoms with Crippen LogP contribution in [0.2, 0.25) is 0 Å². The highest BCUT2D eigenvalue weighted by Crippen LogP contribution is 2.19. The van der Waals surface area contributed by atoms with Crippen molar-refractivity contribution in [3.63, 3.8) is 0 Å². The van der Waals surface area contributed by atoms with Gasteiger partial charge in [-0.25, -0.2) is 0 Å². The molecule has 0 amide bonds. The maximum atomic E-state index is 5.87. The van der Waals surface area contributed by atoms with Crippen molar-refractivity contribution in [2.45, 2.75) is 12.6 Å². The number of benzene rings is 1. The van der Waals surface area contributed by atoms with E-state index in [1.807, 2.05) is 30.3 Å². The molecule has 3 rings (SSSR count). The minimum atomic E-state index is 0.343. The summed E-state index contributed by atoms with van der Waals surface area (Å²) in [5.41, 5.74) is 6.82. The monoisotopic (exact) mass is 287 g/mol. The minimum absolute atomic E-state index is 0.343. The fraction of sp³-hybridized carbons (Fsp3) is 0.467. The molecule has 0 radical (unpaired) electrons. The number of piperazine rings is 1. The Morgan fingerprint density at radius 2 is 2.05 bits per heavy atom. The lowest BCUT2D eigenvalue weighted by atomic mass is 10.2. The van der Waals surface area contributed by atoms with E-state index in [-0.39, 0.29) is 0 Å². The summed E-state index contributed by atoms with van der Waals surface area (Å²) in [4.78, 5) is 4.62. The van der Waals surface area contributed by atoms with E-state index in [9.17, 15) is 0 Å². The first kappa shape index (κ1) is 14.2. The van der Waals surface area contributed by atoms with Crippen LogP contribution in [0.5, 0.6) is 0 Å². The van der Waals surface area contributed by atoms with Crippen LogP contribution in [-0.4, -0.2) is 59.3 Å². The maximum Gasteiger partial charge on any atom is 0.247 e. The molecule has 0 bridgehead atoms. The van der Waals surface area contributed by atoms with Crippen LogP contribution in [-0.2, 0) is 6.54 Å². The smallest absolute Gasteiger partial charge is 0.247 e. The Hall–Kier alpha value is -1.76. The molecule has 1 atom stereocenters. The molecule has 2 aromatic rings. The molecule has 0 aliphatic carbocycles. The third kappa shape index (κ3) is 3.29. The van der Waals surface area contributed by atoms with Gasteiger partial charge in [-0.15, -0.1) is 10.2 Å². The van der Waals surface area contributed by atoms with Crippen LogP contribution in [0.1, 0.15) is 5.89 Å². The molecule has 1 unspecified atom stereocenters. The Bertz CT molecular complexity index is 570.